The summed E-state index contributed by atoms with van der Waals surface area (Å²) in [4.78, 5) is 2.37. The number of hydrogen-bond donors (Lipinski definition) is 0. The van der Waals surface area contributed by atoms with Crippen LogP contribution in [0.25, 0.3) is 0 Å². The van der Waals surface area contributed by atoms with Crippen LogP contribution in [0.5, 0.6) is 0 Å². The lowest BCUT2D eigenvalue weighted by Crippen LogP contribution is -2.33. The first-order chi connectivity index (χ1) is 5.40. The topological polar surface area (TPSA) is 34.0 Å². The molecule has 0 N–H and O–H groups in total. The molecule has 0 amide bonds. The predicted molar refractivity (Wildman–Crippen MR) is 41.0 cm³/mol. The fourth-order valence-electron chi connectivity index (χ4n) is 1.39. The Kier molecular flexibility index (Phi) is 1.62. The zero-order valence-corrected chi connectivity index (χ0v) is 6.69. The molecule has 2 rings (SSSR count). The maximum Gasteiger partial charge on any atom is 0.147 e. The minimum absolute atomic E-state index is 0.955. The monoisotopic (exact) mass is 152 g/mol. The highest BCUT2D eigenvalue weighted by Crippen LogP contribution is 2.07. The Morgan fingerprint density at radius 1 is 1.55 bits per heavy atom. The normalized spacial score (nSPS) is 18.3. The fourth-order valence-corrected chi connectivity index (χ4v) is 1.39. The first-order valence-corrected chi connectivity index (χ1v) is 3.99. The van der Waals surface area contributed by atoms with Crippen LogP contribution in [0.1, 0.15) is 12.7 Å². The van der Waals surface area contributed by atoms with Crippen molar-refractivity contribution < 1.29 is 0 Å². The first-order valence-electron chi connectivity index (χ1n) is 3.99. The third-order valence-electron chi connectivity index (χ3n) is 2.17. The van der Waals surface area contributed by atoms with Gasteiger partial charge in [0.25, 0.3) is 0 Å². The molecule has 1 aromatic heterocycles. The van der Waals surface area contributed by atoms with Gasteiger partial charge in [0.15, 0.2) is 0 Å². The fraction of sp³-hybridized carbons (Fsp3) is 0.714. The van der Waals surface area contributed by atoms with Crippen molar-refractivity contribution in [1.29, 1.82) is 0 Å². The number of rotatable bonds is 1. The predicted octanol–water partition coefficient (Wildman–Crippen LogP) is 0.114. The van der Waals surface area contributed by atoms with Gasteiger partial charge in [-0.2, -0.15) is 0 Å². The van der Waals surface area contributed by atoms with Gasteiger partial charge < -0.3 is 4.57 Å². The molecule has 4 nitrogen and oxygen atoms in total. The lowest BCUT2D eigenvalue weighted by molar-refractivity contribution is 0.228. The first kappa shape index (κ1) is 6.79. The quantitative estimate of drug-likeness (QED) is 0.573. The molecule has 0 saturated carbocycles. The molecule has 0 fully saturated rings. The Morgan fingerprint density at radius 2 is 2.45 bits per heavy atom. The van der Waals surface area contributed by atoms with Gasteiger partial charge in [-0.15, -0.1) is 10.2 Å². The van der Waals surface area contributed by atoms with E-state index in [4.69, 9.17) is 0 Å². The summed E-state index contributed by atoms with van der Waals surface area (Å²) in [7, 11) is 0. The van der Waals surface area contributed by atoms with Gasteiger partial charge >= 0.3 is 0 Å². The van der Waals surface area contributed by atoms with E-state index in [0.717, 1.165) is 32.0 Å². The van der Waals surface area contributed by atoms with Crippen molar-refractivity contribution in [1.82, 2.24) is 19.7 Å². The zero-order chi connectivity index (χ0) is 7.68. The van der Waals surface area contributed by atoms with Gasteiger partial charge in [0.2, 0.25) is 0 Å². The van der Waals surface area contributed by atoms with Gasteiger partial charge in [-0.1, -0.05) is 6.92 Å². The molecule has 1 aliphatic heterocycles. The maximum absolute atomic E-state index is 4.03. The Labute approximate surface area is 65.8 Å². The summed E-state index contributed by atoms with van der Waals surface area (Å²) in [5.74, 6) is 1.10. The van der Waals surface area contributed by atoms with Crippen LogP contribution in [-0.2, 0) is 13.1 Å². The lowest BCUT2D eigenvalue weighted by Gasteiger charge is -2.25. The molecular weight excluding hydrogens is 140 g/mol. The van der Waals surface area contributed by atoms with Gasteiger partial charge in [0, 0.05) is 13.1 Å². The largest absolute Gasteiger partial charge is 0.315 e. The van der Waals surface area contributed by atoms with E-state index >= 15 is 0 Å². The van der Waals surface area contributed by atoms with Crippen LogP contribution in [0.3, 0.4) is 0 Å². The second-order valence-corrected chi connectivity index (χ2v) is 2.81. The molecule has 0 saturated heterocycles. The van der Waals surface area contributed by atoms with Gasteiger partial charge in [0.05, 0.1) is 6.54 Å². The summed E-state index contributed by atoms with van der Waals surface area (Å²) in [6.07, 6.45) is 1.81. The van der Waals surface area contributed by atoms with E-state index in [-0.39, 0.29) is 0 Å². The molecule has 0 aromatic carbocycles. The molecule has 11 heavy (non-hydrogen) atoms. The lowest BCUT2D eigenvalue weighted by atomic mass is 10.3. The molecule has 0 atom stereocenters. The molecule has 4 heteroatoms. The van der Waals surface area contributed by atoms with E-state index in [9.17, 15) is 0 Å². The van der Waals surface area contributed by atoms with Crippen LogP contribution in [-0.4, -0.2) is 32.8 Å². The smallest absolute Gasteiger partial charge is 0.147 e. The molecule has 0 aliphatic carbocycles. The second-order valence-electron chi connectivity index (χ2n) is 2.81. The standard InChI is InChI=1S/C7H12N4/c1-2-10-3-4-11-6-8-9-7(11)5-10/h6H,2-5H2,1H3. The Hall–Kier alpha value is -0.900. The van der Waals surface area contributed by atoms with Crippen molar-refractivity contribution in [2.24, 2.45) is 0 Å². The van der Waals surface area contributed by atoms with Gasteiger partial charge in [0.1, 0.15) is 12.2 Å². The van der Waals surface area contributed by atoms with Crippen molar-refractivity contribution in [3.05, 3.63) is 12.2 Å². The average Bonchev–Trinajstić information content (AvgIpc) is 2.50. The summed E-state index contributed by atoms with van der Waals surface area (Å²) in [5, 5.41) is 7.89. The number of likely N-dealkylation sites (N-methyl/N-ethyl adjacent to an activating group) is 1. The molecule has 0 unspecified atom stereocenters. The van der Waals surface area contributed by atoms with Crippen molar-refractivity contribution in [3.8, 4) is 0 Å². The third kappa shape index (κ3) is 1.14. The Morgan fingerprint density at radius 3 is 3.27 bits per heavy atom. The SMILES string of the molecule is CCN1CCn2cnnc2C1. The number of nitrogens with zero attached hydrogens (tertiary/aromatic N) is 4. The van der Waals surface area contributed by atoms with Crippen LogP contribution >= 0.6 is 0 Å². The van der Waals surface area contributed by atoms with E-state index < -0.39 is 0 Å². The highest BCUT2D eigenvalue weighted by molar-refractivity contribution is 4.89. The molecule has 0 radical (unpaired) electrons. The zero-order valence-electron chi connectivity index (χ0n) is 6.69. The second kappa shape index (κ2) is 2.62. The average molecular weight is 152 g/mol. The van der Waals surface area contributed by atoms with E-state index in [2.05, 4.69) is 26.6 Å². The van der Waals surface area contributed by atoms with Crippen LogP contribution in [0, 0.1) is 0 Å². The summed E-state index contributed by atoms with van der Waals surface area (Å²) in [6.45, 7) is 6.40. The summed E-state index contributed by atoms with van der Waals surface area (Å²) < 4.78 is 2.12. The van der Waals surface area contributed by atoms with E-state index in [1.807, 2.05) is 6.33 Å². The van der Waals surface area contributed by atoms with Gasteiger partial charge in [-0.3, -0.25) is 4.90 Å². The highest BCUT2D eigenvalue weighted by atomic mass is 15.3. The summed E-state index contributed by atoms with van der Waals surface area (Å²) >= 11 is 0. The minimum Gasteiger partial charge on any atom is -0.315 e. The third-order valence-corrected chi connectivity index (χ3v) is 2.17. The Bertz CT molecular complexity index is 242. The van der Waals surface area contributed by atoms with Crippen LogP contribution in [0.2, 0.25) is 0 Å². The van der Waals surface area contributed by atoms with E-state index in [0.29, 0.717) is 0 Å². The van der Waals surface area contributed by atoms with Gasteiger partial charge in [-0.25, -0.2) is 0 Å². The number of aromatic nitrogens is 3. The van der Waals surface area contributed by atoms with Crippen LogP contribution in [0.15, 0.2) is 6.33 Å². The highest BCUT2D eigenvalue weighted by Gasteiger charge is 2.14. The molecule has 1 aliphatic rings. The van der Waals surface area contributed by atoms with Crippen molar-refractivity contribution in [2.45, 2.75) is 20.0 Å². The van der Waals surface area contributed by atoms with Crippen molar-refractivity contribution >= 4 is 0 Å². The molecule has 1 aromatic rings. The molecule has 60 valence electrons. The molecule has 0 bridgehead atoms. The van der Waals surface area contributed by atoms with E-state index in [1.165, 1.54) is 0 Å². The number of hydrogen-bond acceptors (Lipinski definition) is 3. The Balaban J connectivity index is 2.18. The summed E-state index contributed by atoms with van der Waals surface area (Å²) in [5.41, 5.74) is 0. The summed E-state index contributed by atoms with van der Waals surface area (Å²) in [6, 6.07) is 0. The van der Waals surface area contributed by atoms with E-state index in [1.54, 1.807) is 0 Å². The molecular formula is C7H12N4. The van der Waals surface area contributed by atoms with Crippen molar-refractivity contribution in [2.75, 3.05) is 13.1 Å². The van der Waals surface area contributed by atoms with Crippen molar-refractivity contribution in [3.63, 3.8) is 0 Å². The minimum atomic E-state index is 0.955. The van der Waals surface area contributed by atoms with Gasteiger partial charge in [-0.05, 0) is 6.54 Å². The maximum atomic E-state index is 4.03. The number of fused-ring (bicyclic) bond motifs is 1. The molecule has 2 heterocycles. The van der Waals surface area contributed by atoms with Crippen LogP contribution < -0.4 is 0 Å². The molecule has 0 spiro atoms. The van der Waals surface area contributed by atoms with Crippen LogP contribution in [0.4, 0.5) is 0 Å².